The number of ether oxygens (including phenoxy) is 1. The normalized spacial score (nSPS) is 17.5. The van der Waals surface area contributed by atoms with Gasteiger partial charge in [-0.1, -0.05) is 24.2 Å². The quantitative estimate of drug-likeness (QED) is 0.491. The average Bonchev–Trinajstić information content (AvgIpc) is 3.29. The first-order chi connectivity index (χ1) is 16.0. The van der Waals surface area contributed by atoms with Gasteiger partial charge < -0.3 is 15.6 Å². The molecule has 1 saturated heterocycles. The van der Waals surface area contributed by atoms with Crippen molar-refractivity contribution in [1.82, 2.24) is 19.7 Å². The number of carbonyl (C=O) groups is 1. The minimum Gasteiger partial charge on any atom is -0.486 e. The molecule has 1 aliphatic heterocycles. The van der Waals surface area contributed by atoms with Crippen molar-refractivity contribution in [2.75, 3.05) is 13.1 Å². The first-order valence-electron chi connectivity index (χ1n) is 10.7. The van der Waals surface area contributed by atoms with E-state index in [2.05, 4.69) is 16.7 Å². The Morgan fingerprint density at radius 3 is 2.94 bits per heavy atom. The number of likely N-dealkylation sites (tertiary alicyclic amines) is 1. The Morgan fingerprint density at radius 1 is 1.39 bits per heavy atom. The number of piperidine rings is 1. The summed E-state index contributed by atoms with van der Waals surface area (Å²) in [5.41, 5.74) is 7.88. The third kappa shape index (κ3) is 5.24. The van der Waals surface area contributed by atoms with Crippen molar-refractivity contribution >= 4 is 17.5 Å². The predicted octanol–water partition coefficient (Wildman–Crippen LogP) is 3.42. The van der Waals surface area contributed by atoms with E-state index >= 15 is 0 Å². The number of carbonyl (C=O) groups excluding carboxylic acids is 1. The van der Waals surface area contributed by atoms with Crippen LogP contribution in [0.15, 0.2) is 61.4 Å². The van der Waals surface area contributed by atoms with Crippen LogP contribution in [0, 0.1) is 0 Å². The molecule has 1 aliphatic rings. The highest BCUT2D eigenvalue weighted by atomic mass is 35.5. The summed E-state index contributed by atoms with van der Waals surface area (Å²) >= 11 is 6.46. The molecular weight excluding hydrogens is 442 g/mol. The Hall–Kier alpha value is -3.20. The smallest absolute Gasteiger partial charge is 0.252 e. The van der Waals surface area contributed by atoms with Crippen molar-refractivity contribution < 1.29 is 14.6 Å². The molecule has 3 aromatic rings. The van der Waals surface area contributed by atoms with Crippen molar-refractivity contribution in [3.05, 3.63) is 77.7 Å². The van der Waals surface area contributed by atoms with Crippen LogP contribution in [0.5, 0.6) is 5.75 Å². The number of benzene rings is 1. The summed E-state index contributed by atoms with van der Waals surface area (Å²) in [6, 6.07) is 10.9. The van der Waals surface area contributed by atoms with Gasteiger partial charge in [-0.2, -0.15) is 5.10 Å². The van der Waals surface area contributed by atoms with Gasteiger partial charge in [-0.05, 0) is 49.2 Å². The van der Waals surface area contributed by atoms with Gasteiger partial charge in [0.15, 0.2) is 0 Å². The number of hydrogen-bond acceptors (Lipinski definition) is 6. The van der Waals surface area contributed by atoms with Crippen molar-refractivity contribution in [1.29, 1.82) is 0 Å². The topological polar surface area (TPSA) is 107 Å². The van der Waals surface area contributed by atoms with Crippen LogP contribution in [0.25, 0.3) is 11.3 Å². The molecule has 0 aliphatic carbocycles. The van der Waals surface area contributed by atoms with Crippen molar-refractivity contribution in [2.45, 2.75) is 31.7 Å². The molecule has 3 heterocycles. The Kier molecular flexibility index (Phi) is 7.08. The third-order valence-electron chi connectivity index (χ3n) is 5.69. The third-order valence-corrected chi connectivity index (χ3v) is 5.99. The molecule has 9 heteroatoms. The van der Waals surface area contributed by atoms with Gasteiger partial charge in [0.25, 0.3) is 5.91 Å². The zero-order chi connectivity index (χ0) is 23.4. The predicted molar refractivity (Wildman–Crippen MR) is 126 cm³/mol. The molecule has 4 rings (SSSR count). The van der Waals surface area contributed by atoms with Gasteiger partial charge in [-0.15, -0.1) is 0 Å². The fourth-order valence-corrected chi connectivity index (χ4v) is 4.20. The zero-order valence-corrected chi connectivity index (χ0v) is 18.9. The number of hydrogen-bond donors (Lipinski definition) is 2. The number of primary amides is 1. The number of nitrogens with two attached hydrogens (primary N) is 1. The van der Waals surface area contributed by atoms with Crippen molar-refractivity contribution in [3.8, 4) is 17.0 Å². The van der Waals surface area contributed by atoms with Crippen molar-refractivity contribution in [3.63, 3.8) is 0 Å². The summed E-state index contributed by atoms with van der Waals surface area (Å²) in [5, 5.41) is 15.2. The van der Waals surface area contributed by atoms with Gasteiger partial charge in [0, 0.05) is 31.0 Å². The molecule has 33 heavy (non-hydrogen) atoms. The monoisotopic (exact) mass is 467 g/mol. The largest absolute Gasteiger partial charge is 0.486 e. The number of aromatic nitrogens is 3. The van der Waals surface area contributed by atoms with Gasteiger partial charge in [0.05, 0.1) is 22.3 Å². The standard InChI is InChI=1S/C24H26ClN5O3/c1-2-22(31)29-11-5-7-18(13-29)30-14-19(24(26)32)23(28-30)16-8-9-21(20(25)12-16)33-15-17-6-3-4-10-27-17/h2-4,6,8-10,12,14,18,22,31H,1,5,7,11,13,15H2,(H2,26,32)/t18-,22?/m1/s1. The minimum absolute atomic E-state index is 0.00310. The van der Waals surface area contributed by atoms with Crippen LogP contribution in [0.1, 0.15) is 34.9 Å². The van der Waals surface area contributed by atoms with Crippen LogP contribution in [-0.4, -0.2) is 50.0 Å². The molecule has 0 bridgehead atoms. The number of aliphatic hydroxyl groups is 1. The van der Waals surface area contributed by atoms with Crippen LogP contribution in [0.4, 0.5) is 0 Å². The van der Waals surface area contributed by atoms with E-state index in [0.717, 1.165) is 25.1 Å². The highest BCUT2D eigenvalue weighted by Crippen LogP contribution is 2.33. The van der Waals surface area contributed by atoms with Gasteiger partial charge in [0.2, 0.25) is 0 Å². The van der Waals surface area contributed by atoms with Gasteiger partial charge in [-0.3, -0.25) is 19.4 Å². The van der Waals surface area contributed by atoms with E-state index in [1.807, 2.05) is 23.1 Å². The highest BCUT2D eigenvalue weighted by molar-refractivity contribution is 6.32. The molecule has 8 nitrogen and oxygen atoms in total. The lowest BCUT2D eigenvalue weighted by Crippen LogP contribution is -2.42. The molecule has 0 radical (unpaired) electrons. The second-order valence-electron chi connectivity index (χ2n) is 7.93. The van der Waals surface area contributed by atoms with Crippen LogP contribution in [0.3, 0.4) is 0 Å². The van der Waals surface area contributed by atoms with E-state index in [1.165, 1.54) is 6.08 Å². The molecule has 0 saturated carbocycles. The fraction of sp³-hybridized carbons (Fsp3) is 0.292. The summed E-state index contributed by atoms with van der Waals surface area (Å²) < 4.78 is 7.55. The molecule has 2 atom stereocenters. The van der Waals surface area contributed by atoms with Crippen LogP contribution < -0.4 is 10.5 Å². The Bertz CT molecular complexity index is 1130. The summed E-state index contributed by atoms with van der Waals surface area (Å²) in [5.74, 6) is -0.0610. The maximum atomic E-state index is 12.2. The van der Waals surface area contributed by atoms with E-state index in [0.29, 0.717) is 34.1 Å². The van der Waals surface area contributed by atoms with Crippen LogP contribution in [0.2, 0.25) is 5.02 Å². The first kappa shape index (κ1) is 23.0. The SMILES string of the molecule is C=CC(O)N1CCC[C@@H](n2cc(C(N)=O)c(-c3ccc(OCc4ccccn4)c(Cl)c3)n2)C1. The maximum Gasteiger partial charge on any atom is 0.252 e. The van der Waals surface area contributed by atoms with Crippen LogP contribution >= 0.6 is 11.6 Å². The molecule has 2 aromatic heterocycles. The van der Waals surface area contributed by atoms with E-state index < -0.39 is 12.1 Å². The molecule has 1 fully saturated rings. The number of aliphatic hydroxyl groups excluding tert-OH is 1. The molecule has 1 unspecified atom stereocenters. The molecule has 3 N–H and O–H groups in total. The Labute approximate surface area is 197 Å². The van der Waals surface area contributed by atoms with Crippen molar-refractivity contribution in [2.24, 2.45) is 5.73 Å². The number of rotatable bonds is 8. The van der Waals surface area contributed by atoms with E-state index in [-0.39, 0.29) is 12.6 Å². The van der Waals surface area contributed by atoms with E-state index in [4.69, 9.17) is 22.1 Å². The number of amides is 1. The lowest BCUT2D eigenvalue weighted by molar-refractivity contribution is 0.0121. The van der Waals surface area contributed by atoms with Gasteiger partial charge >= 0.3 is 0 Å². The Balaban J connectivity index is 1.57. The molecule has 1 aromatic carbocycles. The summed E-state index contributed by atoms with van der Waals surface area (Å²) in [6.45, 7) is 5.31. The number of halogens is 1. The van der Waals surface area contributed by atoms with E-state index in [1.54, 1.807) is 35.3 Å². The highest BCUT2D eigenvalue weighted by Gasteiger charge is 2.27. The van der Waals surface area contributed by atoms with E-state index in [9.17, 15) is 9.90 Å². The summed E-state index contributed by atoms with van der Waals surface area (Å²) in [6.07, 6.45) is 5.94. The molecule has 172 valence electrons. The maximum absolute atomic E-state index is 12.2. The number of nitrogens with zero attached hydrogens (tertiary/aromatic N) is 4. The lowest BCUT2D eigenvalue weighted by atomic mass is 10.1. The van der Waals surface area contributed by atoms with Gasteiger partial charge in [0.1, 0.15) is 24.3 Å². The number of pyridine rings is 1. The zero-order valence-electron chi connectivity index (χ0n) is 18.1. The van der Waals surface area contributed by atoms with Crippen LogP contribution in [-0.2, 0) is 6.61 Å². The fourth-order valence-electron chi connectivity index (χ4n) is 3.96. The second-order valence-corrected chi connectivity index (χ2v) is 8.34. The molecule has 1 amide bonds. The minimum atomic E-state index is -0.712. The second kappa shape index (κ2) is 10.2. The van der Waals surface area contributed by atoms with Gasteiger partial charge in [-0.25, -0.2) is 0 Å². The summed E-state index contributed by atoms with van der Waals surface area (Å²) in [7, 11) is 0. The Morgan fingerprint density at radius 2 is 2.24 bits per heavy atom. The first-order valence-corrected chi connectivity index (χ1v) is 11.1. The molecule has 0 spiro atoms. The average molecular weight is 468 g/mol. The molecular formula is C24H26ClN5O3. The lowest BCUT2D eigenvalue weighted by Gasteiger charge is -2.34. The summed E-state index contributed by atoms with van der Waals surface area (Å²) in [4.78, 5) is 18.3.